The number of aryl methyl sites for hydroxylation is 1. The zero-order valence-corrected chi connectivity index (χ0v) is 12.4. The second-order valence-electron chi connectivity index (χ2n) is 5.86. The number of hydrogen-bond acceptors (Lipinski definition) is 5. The lowest BCUT2D eigenvalue weighted by Crippen LogP contribution is -2.40. The van der Waals surface area contributed by atoms with E-state index in [1.807, 2.05) is 4.90 Å². The van der Waals surface area contributed by atoms with Gasteiger partial charge in [0, 0.05) is 26.2 Å². The van der Waals surface area contributed by atoms with E-state index in [-0.39, 0.29) is 10.6 Å². The summed E-state index contributed by atoms with van der Waals surface area (Å²) in [7, 11) is 1.72. The third-order valence-electron chi connectivity index (χ3n) is 3.48. The normalized spacial score (nSPS) is 18.7. The van der Waals surface area contributed by atoms with E-state index in [9.17, 15) is 10.1 Å². The molecule has 0 aromatic carbocycles. The molecule has 1 fully saturated rings. The molecule has 1 aromatic rings. The first kappa shape index (κ1) is 14.8. The molecule has 1 aliphatic heterocycles. The molecule has 0 amide bonds. The molecule has 2 heterocycles. The predicted molar refractivity (Wildman–Crippen MR) is 77.9 cm³/mol. The summed E-state index contributed by atoms with van der Waals surface area (Å²) in [6.45, 7) is 6.81. The number of nitro groups is 1. The van der Waals surface area contributed by atoms with Crippen LogP contribution in [-0.4, -0.2) is 40.4 Å². The van der Waals surface area contributed by atoms with Crippen LogP contribution in [0.4, 0.5) is 11.5 Å². The van der Waals surface area contributed by atoms with Crippen LogP contribution in [0.5, 0.6) is 0 Å². The Morgan fingerprint density at radius 1 is 1.65 bits per heavy atom. The third-order valence-corrected chi connectivity index (χ3v) is 3.48. The topological polar surface area (TPSA) is 76.2 Å². The molecule has 0 bridgehead atoms. The summed E-state index contributed by atoms with van der Waals surface area (Å²) in [4.78, 5) is 12.9. The summed E-state index contributed by atoms with van der Waals surface area (Å²) in [5.74, 6) is 0.915. The molecule has 1 aliphatic rings. The van der Waals surface area contributed by atoms with Gasteiger partial charge in [-0.15, -0.1) is 5.10 Å². The quantitative estimate of drug-likeness (QED) is 0.632. The molecule has 1 aromatic heterocycles. The number of nitrogens with zero attached hydrogens (tertiary/aromatic N) is 4. The van der Waals surface area contributed by atoms with Gasteiger partial charge in [-0.05, 0) is 25.3 Å². The highest BCUT2D eigenvalue weighted by Gasteiger charge is 2.27. The molecule has 0 spiro atoms. The van der Waals surface area contributed by atoms with E-state index in [4.69, 9.17) is 0 Å². The molecule has 0 radical (unpaired) electrons. The standard InChI is InChI=1S/C13H23N5O2/c1-10(2)7-17(8-11-5-4-6-14-11)13-12(18(19)20)9-16(3)15-13/h9-11,14H,4-8H2,1-3H3. The fourth-order valence-corrected chi connectivity index (χ4v) is 2.69. The molecule has 7 heteroatoms. The molecule has 7 nitrogen and oxygen atoms in total. The third kappa shape index (κ3) is 3.47. The lowest BCUT2D eigenvalue weighted by molar-refractivity contribution is -0.384. The van der Waals surface area contributed by atoms with Gasteiger partial charge in [0.15, 0.2) is 0 Å². The monoisotopic (exact) mass is 281 g/mol. The summed E-state index contributed by atoms with van der Waals surface area (Å²) in [6.07, 6.45) is 3.77. The maximum Gasteiger partial charge on any atom is 0.330 e. The largest absolute Gasteiger partial charge is 0.348 e. The van der Waals surface area contributed by atoms with Crippen LogP contribution in [-0.2, 0) is 7.05 Å². The van der Waals surface area contributed by atoms with Gasteiger partial charge in [-0.2, -0.15) is 0 Å². The molecule has 0 aliphatic carbocycles. The van der Waals surface area contributed by atoms with E-state index >= 15 is 0 Å². The fourth-order valence-electron chi connectivity index (χ4n) is 2.69. The van der Waals surface area contributed by atoms with Crippen LogP contribution < -0.4 is 10.2 Å². The van der Waals surface area contributed by atoms with Crippen molar-refractivity contribution in [3.63, 3.8) is 0 Å². The Morgan fingerprint density at radius 3 is 2.95 bits per heavy atom. The Bertz CT molecular complexity index is 465. The molecule has 1 atom stereocenters. The molecule has 1 unspecified atom stereocenters. The van der Waals surface area contributed by atoms with Gasteiger partial charge in [-0.3, -0.25) is 14.8 Å². The van der Waals surface area contributed by atoms with Crippen molar-refractivity contribution in [1.82, 2.24) is 15.1 Å². The highest BCUT2D eigenvalue weighted by atomic mass is 16.6. The van der Waals surface area contributed by atoms with Gasteiger partial charge < -0.3 is 10.2 Å². The van der Waals surface area contributed by atoms with Crippen molar-refractivity contribution >= 4 is 11.5 Å². The Morgan fingerprint density at radius 2 is 2.40 bits per heavy atom. The van der Waals surface area contributed by atoms with Gasteiger partial charge in [0.05, 0.1) is 4.92 Å². The lowest BCUT2D eigenvalue weighted by Gasteiger charge is -2.26. The average Bonchev–Trinajstić information content (AvgIpc) is 2.96. The van der Waals surface area contributed by atoms with Crippen LogP contribution in [0.15, 0.2) is 6.20 Å². The summed E-state index contributed by atoms with van der Waals surface area (Å²) in [5.41, 5.74) is 0.0890. The first-order valence-corrected chi connectivity index (χ1v) is 7.13. The molecule has 20 heavy (non-hydrogen) atoms. The number of anilines is 1. The van der Waals surface area contributed by atoms with E-state index in [0.717, 1.165) is 26.1 Å². The van der Waals surface area contributed by atoms with E-state index in [0.29, 0.717) is 17.8 Å². The average molecular weight is 281 g/mol. The van der Waals surface area contributed by atoms with E-state index in [1.165, 1.54) is 17.3 Å². The van der Waals surface area contributed by atoms with Crippen molar-refractivity contribution in [2.75, 3.05) is 24.5 Å². The van der Waals surface area contributed by atoms with Crippen molar-refractivity contribution in [2.24, 2.45) is 13.0 Å². The first-order chi connectivity index (χ1) is 9.47. The summed E-state index contributed by atoms with van der Waals surface area (Å²) in [5, 5.41) is 18.9. The van der Waals surface area contributed by atoms with Crippen LogP contribution in [0.2, 0.25) is 0 Å². The summed E-state index contributed by atoms with van der Waals surface area (Å²) < 4.78 is 1.52. The Hall–Kier alpha value is -1.63. The van der Waals surface area contributed by atoms with Crippen LogP contribution in [0.1, 0.15) is 26.7 Å². The molecule has 2 rings (SSSR count). The predicted octanol–water partition coefficient (Wildman–Crippen LogP) is 1.54. The van der Waals surface area contributed by atoms with E-state index in [2.05, 4.69) is 24.3 Å². The van der Waals surface area contributed by atoms with E-state index < -0.39 is 0 Å². The minimum Gasteiger partial charge on any atom is -0.348 e. The maximum atomic E-state index is 11.2. The fraction of sp³-hybridized carbons (Fsp3) is 0.769. The minimum atomic E-state index is -0.349. The van der Waals surface area contributed by atoms with Gasteiger partial charge in [0.25, 0.3) is 0 Å². The molecular formula is C13H23N5O2. The number of nitrogens with one attached hydrogen (secondary N) is 1. The zero-order valence-electron chi connectivity index (χ0n) is 12.4. The molecule has 112 valence electrons. The number of hydrogen-bond donors (Lipinski definition) is 1. The van der Waals surface area contributed by atoms with Crippen molar-refractivity contribution < 1.29 is 4.92 Å². The highest BCUT2D eigenvalue weighted by molar-refractivity contribution is 5.57. The van der Waals surface area contributed by atoms with Crippen molar-refractivity contribution in [3.05, 3.63) is 16.3 Å². The van der Waals surface area contributed by atoms with Crippen LogP contribution in [0, 0.1) is 16.0 Å². The summed E-state index contributed by atoms with van der Waals surface area (Å²) >= 11 is 0. The second kappa shape index (κ2) is 6.21. The molecule has 1 N–H and O–H groups in total. The maximum absolute atomic E-state index is 11.2. The Balaban J connectivity index is 2.22. The Kier molecular flexibility index (Phi) is 4.59. The van der Waals surface area contributed by atoms with Gasteiger partial charge in [0.2, 0.25) is 5.82 Å². The lowest BCUT2D eigenvalue weighted by atomic mass is 10.1. The number of aromatic nitrogens is 2. The smallest absolute Gasteiger partial charge is 0.330 e. The number of rotatable bonds is 6. The van der Waals surface area contributed by atoms with Gasteiger partial charge in [-0.25, -0.2) is 0 Å². The second-order valence-corrected chi connectivity index (χ2v) is 5.86. The zero-order chi connectivity index (χ0) is 14.7. The Labute approximate surface area is 119 Å². The minimum absolute atomic E-state index is 0.0890. The first-order valence-electron chi connectivity index (χ1n) is 7.13. The van der Waals surface area contributed by atoms with Crippen LogP contribution in [0.3, 0.4) is 0 Å². The molecule has 0 saturated carbocycles. The van der Waals surface area contributed by atoms with Crippen LogP contribution >= 0.6 is 0 Å². The summed E-state index contributed by atoms with van der Waals surface area (Å²) in [6, 6.07) is 0.398. The van der Waals surface area contributed by atoms with E-state index in [1.54, 1.807) is 7.05 Å². The molecular weight excluding hydrogens is 258 g/mol. The van der Waals surface area contributed by atoms with Crippen molar-refractivity contribution in [1.29, 1.82) is 0 Å². The van der Waals surface area contributed by atoms with Gasteiger partial charge in [-0.1, -0.05) is 13.8 Å². The van der Waals surface area contributed by atoms with Crippen molar-refractivity contribution in [2.45, 2.75) is 32.7 Å². The SMILES string of the molecule is CC(C)CN(CC1CCCN1)c1nn(C)cc1[N+](=O)[O-]. The van der Waals surface area contributed by atoms with Gasteiger partial charge >= 0.3 is 5.69 Å². The molecule has 1 saturated heterocycles. The highest BCUT2D eigenvalue weighted by Crippen LogP contribution is 2.27. The van der Waals surface area contributed by atoms with Gasteiger partial charge in [0.1, 0.15) is 6.20 Å². The van der Waals surface area contributed by atoms with Crippen molar-refractivity contribution in [3.8, 4) is 0 Å². The van der Waals surface area contributed by atoms with Crippen LogP contribution in [0.25, 0.3) is 0 Å².